The van der Waals surface area contributed by atoms with Crippen molar-refractivity contribution in [2.24, 2.45) is 0 Å². The Bertz CT molecular complexity index is 1030. The first-order valence-corrected chi connectivity index (χ1v) is 9.02. The van der Waals surface area contributed by atoms with Crippen LogP contribution < -0.4 is 10.6 Å². The van der Waals surface area contributed by atoms with Crippen LogP contribution in [-0.4, -0.2) is 59.9 Å². The molecule has 12 heteroatoms. The second kappa shape index (κ2) is 7.81. The molecule has 1 aliphatic heterocycles. The van der Waals surface area contributed by atoms with Gasteiger partial charge in [0.25, 0.3) is 0 Å². The number of amides is 1. The average molecular weight is 403 g/mol. The molecule has 0 unspecified atom stereocenters. The minimum Gasteiger partial charge on any atom is -0.365 e. The predicted octanol–water partition coefficient (Wildman–Crippen LogP) is 2.28. The third-order valence-corrected chi connectivity index (χ3v) is 4.62. The number of hydrogen-bond acceptors (Lipinski definition) is 7. The summed E-state index contributed by atoms with van der Waals surface area (Å²) < 4.78 is 25.9. The van der Waals surface area contributed by atoms with Gasteiger partial charge in [0.2, 0.25) is 11.9 Å². The van der Waals surface area contributed by atoms with Gasteiger partial charge in [-0.15, -0.1) is 0 Å². The fourth-order valence-electron chi connectivity index (χ4n) is 3.26. The first-order valence-electron chi connectivity index (χ1n) is 9.02. The monoisotopic (exact) mass is 403 g/mol. The van der Waals surface area contributed by atoms with E-state index in [0.29, 0.717) is 40.3 Å². The average Bonchev–Trinajstić information content (AvgIpc) is 3.37. The first kappa shape index (κ1) is 18.8. The molecule has 0 bridgehead atoms. The minimum atomic E-state index is -2.73. The van der Waals surface area contributed by atoms with E-state index < -0.39 is 6.55 Å². The minimum absolute atomic E-state index is 0.00455. The van der Waals surface area contributed by atoms with E-state index in [1.807, 2.05) is 0 Å². The van der Waals surface area contributed by atoms with E-state index in [-0.39, 0.29) is 17.9 Å². The smallest absolute Gasteiger partial charge is 0.333 e. The van der Waals surface area contributed by atoms with E-state index >= 15 is 0 Å². The molecule has 3 N–H and O–H groups in total. The second-order valence-electron chi connectivity index (χ2n) is 6.61. The number of likely N-dealkylation sites (tertiary alicyclic amines) is 1. The normalized spacial score (nSPS) is 16.9. The van der Waals surface area contributed by atoms with Crippen LogP contribution in [-0.2, 0) is 4.79 Å². The maximum atomic E-state index is 12.7. The molecule has 0 saturated carbocycles. The van der Waals surface area contributed by atoms with E-state index in [9.17, 15) is 13.6 Å². The molecule has 1 amide bonds. The summed E-state index contributed by atoms with van der Waals surface area (Å²) in [6.45, 7) is 2.02. The van der Waals surface area contributed by atoms with Gasteiger partial charge in [-0.3, -0.25) is 9.89 Å². The number of piperidine rings is 1. The quantitative estimate of drug-likeness (QED) is 0.541. The van der Waals surface area contributed by atoms with Crippen LogP contribution >= 0.6 is 0 Å². The summed E-state index contributed by atoms with van der Waals surface area (Å²) in [5.74, 6) is 0.629. The van der Waals surface area contributed by atoms with Crippen LogP contribution in [0, 0.1) is 0 Å². The Labute approximate surface area is 164 Å². The largest absolute Gasteiger partial charge is 0.365 e. The van der Waals surface area contributed by atoms with Crippen LogP contribution in [0.4, 0.5) is 26.2 Å². The van der Waals surface area contributed by atoms with Gasteiger partial charge in [-0.25, -0.2) is 4.68 Å². The number of aromatic amines is 1. The van der Waals surface area contributed by atoms with E-state index in [0.717, 1.165) is 19.0 Å². The number of carbonyl (C=O) groups is 1. The second-order valence-corrected chi connectivity index (χ2v) is 6.61. The zero-order valence-corrected chi connectivity index (χ0v) is 15.3. The number of fused-ring (bicyclic) bond motifs is 1. The molecule has 0 spiro atoms. The third kappa shape index (κ3) is 4.00. The zero-order valence-electron chi connectivity index (χ0n) is 15.3. The molecule has 0 aliphatic carbocycles. The summed E-state index contributed by atoms with van der Waals surface area (Å²) in [5.41, 5.74) is 0.816. The molecule has 3 aromatic heterocycles. The van der Waals surface area contributed by atoms with Gasteiger partial charge < -0.3 is 15.5 Å². The summed E-state index contributed by atoms with van der Waals surface area (Å²) in [6.07, 6.45) is 7.07. The number of hydrogen-bond donors (Lipinski definition) is 3. The highest BCUT2D eigenvalue weighted by Gasteiger charge is 2.23. The van der Waals surface area contributed by atoms with Crippen LogP contribution in [0.3, 0.4) is 0 Å². The fourth-order valence-corrected chi connectivity index (χ4v) is 3.26. The van der Waals surface area contributed by atoms with E-state index in [1.165, 1.54) is 12.3 Å². The molecule has 0 aromatic carbocycles. The van der Waals surface area contributed by atoms with E-state index in [2.05, 4.69) is 42.5 Å². The maximum absolute atomic E-state index is 12.7. The number of halogens is 2. The number of carbonyl (C=O) groups excluding carboxylic acids is 1. The van der Waals surface area contributed by atoms with E-state index in [1.54, 1.807) is 11.1 Å². The van der Waals surface area contributed by atoms with Crippen LogP contribution in [0.5, 0.6) is 0 Å². The molecular formula is C17H19F2N9O. The number of aromatic nitrogens is 6. The van der Waals surface area contributed by atoms with Crippen molar-refractivity contribution in [1.29, 1.82) is 0 Å². The third-order valence-electron chi connectivity index (χ3n) is 4.62. The van der Waals surface area contributed by atoms with Crippen LogP contribution in [0.2, 0.25) is 0 Å². The molecule has 1 aliphatic rings. The predicted molar refractivity (Wildman–Crippen MR) is 102 cm³/mol. The summed E-state index contributed by atoms with van der Waals surface area (Å²) in [4.78, 5) is 22.4. The lowest BCUT2D eigenvalue weighted by Crippen LogP contribution is -2.44. The topological polar surface area (TPSA) is 117 Å². The lowest BCUT2D eigenvalue weighted by Gasteiger charge is -2.32. The number of H-pyrrole nitrogens is 1. The molecule has 0 radical (unpaired) electrons. The number of anilines is 3. The van der Waals surface area contributed by atoms with Crippen molar-refractivity contribution in [1.82, 2.24) is 34.8 Å². The Balaban J connectivity index is 1.56. The van der Waals surface area contributed by atoms with Crippen molar-refractivity contribution >= 4 is 34.4 Å². The SMILES string of the molecule is C=CC(=O)N1CCC[C@@H](Nc2nc(Nc3cnn(C(F)F)c3)nc3[nH]ncc23)C1. The van der Waals surface area contributed by atoms with E-state index in [4.69, 9.17) is 0 Å². The van der Waals surface area contributed by atoms with Crippen molar-refractivity contribution < 1.29 is 13.6 Å². The first-order chi connectivity index (χ1) is 14.0. The van der Waals surface area contributed by atoms with Gasteiger partial charge in [0.15, 0.2) is 5.65 Å². The lowest BCUT2D eigenvalue weighted by molar-refractivity contribution is -0.127. The summed E-state index contributed by atoms with van der Waals surface area (Å²) >= 11 is 0. The molecule has 1 saturated heterocycles. The summed E-state index contributed by atoms with van der Waals surface area (Å²) in [6, 6.07) is -0.00455. The molecule has 1 fully saturated rings. The van der Waals surface area contributed by atoms with Crippen molar-refractivity contribution in [3.05, 3.63) is 31.2 Å². The van der Waals surface area contributed by atoms with Gasteiger partial charge in [-0.05, 0) is 18.9 Å². The highest BCUT2D eigenvalue weighted by Crippen LogP contribution is 2.25. The molecule has 4 heterocycles. The lowest BCUT2D eigenvalue weighted by atomic mass is 10.1. The standard InChI is InChI=1S/C17H19F2N9O/c1-2-13(29)27-5-3-4-10(8-27)22-14-12-7-20-26-15(12)25-17(24-14)23-11-6-21-28(9-11)16(18)19/h2,6-7,9-10,16H,1,3-5,8H2,(H3,20,22,23,24,25,26)/t10-/m1/s1. The van der Waals surface area contributed by atoms with Crippen molar-refractivity contribution in [3.8, 4) is 0 Å². The Morgan fingerprint density at radius 3 is 3.00 bits per heavy atom. The van der Waals surface area contributed by atoms with Gasteiger partial charge in [-0.1, -0.05) is 6.58 Å². The number of alkyl halides is 2. The molecule has 4 rings (SSSR count). The van der Waals surface area contributed by atoms with Crippen LogP contribution in [0.25, 0.3) is 11.0 Å². The molecule has 1 atom stereocenters. The molecular weight excluding hydrogens is 384 g/mol. The van der Waals surface area contributed by atoms with Crippen LogP contribution in [0.15, 0.2) is 31.2 Å². The van der Waals surface area contributed by atoms with Gasteiger partial charge in [0.1, 0.15) is 5.82 Å². The zero-order chi connectivity index (χ0) is 20.4. The summed E-state index contributed by atoms with van der Waals surface area (Å²) in [7, 11) is 0. The molecule has 10 nitrogen and oxygen atoms in total. The highest BCUT2D eigenvalue weighted by molar-refractivity contribution is 5.88. The van der Waals surface area contributed by atoms with Gasteiger partial charge in [0.05, 0.1) is 29.7 Å². The highest BCUT2D eigenvalue weighted by atomic mass is 19.3. The van der Waals surface area contributed by atoms with Crippen molar-refractivity contribution in [2.45, 2.75) is 25.4 Å². The number of nitrogens with zero attached hydrogens (tertiary/aromatic N) is 6. The fraction of sp³-hybridized carbons (Fsp3) is 0.353. The molecule has 152 valence electrons. The number of nitrogens with one attached hydrogen (secondary N) is 3. The molecule has 29 heavy (non-hydrogen) atoms. The summed E-state index contributed by atoms with van der Waals surface area (Å²) in [5, 5.41) is 17.3. The van der Waals surface area contributed by atoms with Gasteiger partial charge >= 0.3 is 6.55 Å². The molecule has 3 aromatic rings. The Morgan fingerprint density at radius 2 is 2.24 bits per heavy atom. The van der Waals surface area contributed by atoms with Crippen molar-refractivity contribution in [2.75, 3.05) is 23.7 Å². The Hall–Kier alpha value is -3.57. The van der Waals surface area contributed by atoms with Gasteiger partial charge in [-0.2, -0.15) is 28.9 Å². The number of rotatable bonds is 6. The Kier molecular flexibility index (Phi) is 5.06. The van der Waals surface area contributed by atoms with Crippen molar-refractivity contribution in [3.63, 3.8) is 0 Å². The maximum Gasteiger partial charge on any atom is 0.333 e. The van der Waals surface area contributed by atoms with Gasteiger partial charge in [0, 0.05) is 19.1 Å². The Morgan fingerprint density at radius 1 is 1.38 bits per heavy atom. The van der Waals surface area contributed by atoms with Crippen LogP contribution in [0.1, 0.15) is 19.4 Å².